The Morgan fingerprint density at radius 3 is 2.57 bits per heavy atom. The summed E-state index contributed by atoms with van der Waals surface area (Å²) in [5, 5.41) is 24.8. The molecule has 0 fully saturated rings. The number of nitrogens with zero attached hydrogens (tertiary/aromatic N) is 1. The molecule has 0 radical (unpaired) electrons. The number of amides is 1. The lowest BCUT2D eigenvalue weighted by Gasteiger charge is -2.14. The van der Waals surface area contributed by atoms with E-state index in [4.69, 9.17) is 40.2 Å². The largest absolute Gasteiger partial charge is 0.478 e. The number of nitrogens with one attached hydrogen (secondary N) is 2. The lowest BCUT2D eigenvalue weighted by Crippen LogP contribution is -2.37. The van der Waals surface area contributed by atoms with Crippen LogP contribution < -0.4 is 15.4 Å². The molecular weight excluding hydrogens is 433 g/mol. The van der Waals surface area contributed by atoms with Crippen molar-refractivity contribution in [2.45, 2.75) is 0 Å². The number of anilines is 1. The van der Waals surface area contributed by atoms with Gasteiger partial charge in [0.2, 0.25) is 0 Å². The van der Waals surface area contributed by atoms with Gasteiger partial charge < -0.3 is 15.2 Å². The summed E-state index contributed by atoms with van der Waals surface area (Å²) in [5.41, 5.74) is -0.594. The Labute approximate surface area is 173 Å². The predicted molar refractivity (Wildman–Crippen MR) is 106 cm³/mol. The quantitative estimate of drug-likeness (QED) is 0.351. The second-order valence-corrected chi connectivity index (χ2v) is 6.38. The summed E-state index contributed by atoms with van der Waals surface area (Å²) >= 11 is 16.7. The molecule has 9 nitrogen and oxygen atoms in total. The van der Waals surface area contributed by atoms with Crippen molar-refractivity contribution in [1.82, 2.24) is 5.32 Å². The summed E-state index contributed by atoms with van der Waals surface area (Å²) in [4.78, 5) is 33.5. The van der Waals surface area contributed by atoms with E-state index in [2.05, 4.69) is 10.6 Å². The summed E-state index contributed by atoms with van der Waals surface area (Å²) in [7, 11) is 0. The van der Waals surface area contributed by atoms with E-state index in [0.717, 1.165) is 0 Å². The molecule has 0 heterocycles. The van der Waals surface area contributed by atoms with Crippen LogP contribution in [0.1, 0.15) is 10.4 Å². The van der Waals surface area contributed by atoms with Crippen molar-refractivity contribution < 1.29 is 24.4 Å². The summed E-state index contributed by atoms with van der Waals surface area (Å²) in [5.74, 6) is -2.12. The molecule has 0 aromatic heterocycles. The molecule has 0 aliphatic heterocycles. The average molecular weight is 444 g/mol. The maximum atomic E-state index is 12.0. The van der Waals surface area contributed by atoms with Crippen LogP contribution in [0.5, 0.6) is 5.75 Å². The number of nitro groups is 1. The predicted octanol–water partition coefficient (Wildman–Crippen LogP) is 3.49. The van der Waals surface area contributed by atoms with Crippen LogP contribution in [0.4, 0.5) is 11.4 Å². The van der Waals surface area contributed by atoms with E-state index >= 15 is 0 Å². The van der Waals surface area contributed by atoms with Crippen molar-refractivity contribution >= 4 is 63.8 Å². The van der Waals surface area contributed by atoms with E-state index < -0.39 is 23.4 Å². The standard InChI is InChI=1S/C16H11Cl2N3O6S/c17-8-5-9(15(23)24)14(10(18)6-8)20-16(28)19-13(22)7-27-12-4-2-1-3-11(12)21(25)26/h1-6H,7H2,(H,23,24)(H2,19,20,22,28). The number of carboxylic acids is 1. The maximum absolute atomic E-state index is 12.0. The first-order valence-corrected chi connectivity index (χ1v) is 8.55. The monoisotopic (exact) mass is 443 g/mol. The minimum atomic E-state index is -1.30. The van der Waals surface area contributed by atoms with Gasteiger partial charge in [-0.25, -0.2) is 4.79 Å². The number of rotatable bonds is 6. The van der Waals surface area contributed by atoms with Gasteiger partial charge in [0.1, 0.15) is 0 Å². The van der Waals surface area contributed by atoms with Crippen LogP contribution in [0.2, 0.25) is 10.0 Å². The minimum Gasteiger partial charge on any atom is -0.478 e. The van der Waals surface area contributed by atoms with Gasteiger partial charge in [-0.1, -0.05) is 35.3 Å². The number of ether oxygens (including phenoxy) is 1. The van der Waals surface area contributed by atoms with Gasteiger partial charge in [0.15, 0.2) is 17.5 Å². The fourth-order valence-corrected chi connectivity index (χ4v) is 2.81. The highest BCUT2D eigenvalue weighted by atomic mass is 35.5. The second-order valence-electron chi connectivity index (χ2n) is 5.13. The van der Waals surface area contributed by atoms with Crippen LogP contribution in [0, 0.1) is 10.1 Å². The Morgan fingerprint density at radius 2 is 1.93 bits per heavy atom. The topological polar surface area (TPSA) is 131 Å². The van der Waals surface area contributed by atoms with Gasteiger partial charge in [0.05, 0.1) is 21.2 Å². The van der Waals surface area contributed by atoms with Crippen molar-refractivity contribution in [3.63, 3.8) is 0 Å². The Bertz CT molecular complexity index is 969. The van der Waals surface area contributed by atoms with E-state index in [0.29, 0.717) is 0 Å². The molecule has 28 heavy (non-hydrogen) atoms. The molecular formula is C16H11Cl2N3O6S. The number of hydrogen-bond acceptors (Lipinski definition) is 6. The minimum absolute atomic E-state index is 0.0161. The highest BCUT2D eigenvalue weighted by Crippen LogP contribution is 2.30. The molecule has 0 unspecified atom stereocenters. The number of carboxylic acid groups (broad SMARTS) is 1. The Balaban J connectivity index is 2.02. The highest BCUT2D eigenvalue weighted by Gasteiger charge is 2.18. The molecule has 0 spiro atoms. The first kappa shape index (κ1) is 21.4. The number of para-hydroxylation sites is 2. The van der Waals surface area contributed by atoms with Gasteiger partial charge in [-0.15, -0.1) is 0 Å². The van der Waals surface area contributed by atoms with E-state index in [1.807, 2.05) is 0 Å². The van der Waals surface area contributed by atoms with Gasteiger partial charge in [-0.05, 0) is 30.4 Å². The zero-order chi connectivity index (χ0) is 20.8. The third kappa shape index (κ3) is 5.52. The Morgan fingerprint density at radius 1 is 1.25 bits per heavy atom. The van der Waals surface area contributed by atoms with E-state index in [-0.39, 0.29) is 37.8 Å². The van der Waals surface area contributed by atoms with E-state index in [1.54, 1.807) is 0 Å². The van der Waals surface area contributed by atoms with Crippen LogP contribution in [0.3, 0.4) is 0 Å². The molecule has 0 aliphatic rings. The van der Waals surface area contributed by atoms with Crippen molar-refractivity contribution in [2.24, 2.45) is 0 Å². The van der Waals surface area contributed by atoms with Crippen LogP contribution in [-0.2, 0) is 4.79 Å². The molecule has 0 saturated carbocycles. The van der Waals surface area contributed by atoms with Gasteiger partial charge in [-0.2, -0.15) is 0 Å². The molecule has 2 aromatic rings. The fraction of sp³-hybridized carbons (Fsp3) is 0.0625. The summed E-state index contributed by atoms with van der Waals surface area (Å²) in [6, 6.07) is 8.02. The number of carbonyl (C=O) groups excluding carboxylic acids is 1. The molecule has 3 N–H and O–H groups in total. The van der Waals surface area contributed by atoms with E-state index in [9.17, 15) is 24.8 Å². The Kier molecular flexibility index (Phi) is 7.10. The molecule has 0 aliphatic carbocycles. The molecule has 0 atom stereocenters. The average Bonchev–Trinajstić information content (AvgIpc) is 2.61. The molecule has 2 aromatic carbocycles. The zero-order valence-corrected chi connectivity index (χ0v) is 16.1. The van der Waals surface area contributed by atoms with Gasteiger partial charge in [0, 0.05) is 11.1 Å². The van der Waals surface area contributed by atoms with Crippen LogP contribution in [-0.4, -0.2) is 33.6 Å². The number of nitro benzene ring substituents is 1. The Hall–Kier alpha value is -2.95. The number of thiocarbonyl (C=S) groups is 1. The van der Waals surface area contributed by atoms with E-state index in [1.165, 1.54) is 36.4 Å². The lowest BCUT2D eigenvalue weighted by molar-refractivity contribution is -0.385. The molecule has 2 rings (SSSR count). The van der Waals surface area contributed by atoms with Crippen molar-refractivity contribution in [3.05, 3.63) is 62.1 Å². The number of benzene rings is 2. The number of aromatic carboxylic acids is 1. The first-order valence-electron chi connectivity index (χ1n) is 7.38. The summed E-state index contributed by atoms with van der Waals surface area (Å²) in [6.45, 7) is -0.563. The highest BCUT2D eigenvalue weighted by molar-refractivity contribution is 7.80. The molecule has 146 valence electrons. The SMILES string of the molecule is O=C(COc1ccccc1[N+](=O)[O-])NC(=S)Nc1c(Cl)cc(Cl)cc1C(=O)O. The van der Waals surface area contributed by atoms with Crippen LogP contribution >= 0.6 is 35.4 Å². The van der Waals surface area contributed by atoms with Gasteiger partial charge >= 0.3 is 11.7 Å². The van der Waals surface area contributed by atoms with Crippen LogP contribution in [0.25, 0.3) is 0 Å². The summed E-state index contributed by atoms with van der Waals surface area (Å²) < 4.78 is 5.13. The van der Waals surface area contributed by atoms with Gasteiger partial charge in [0.25, 0.3) is 5.91 Å². The number of carbonyl (C=O) groups is 2. The molecule has 0 saturated heterocycles. The molecule has 0 bridgehead atoms. The van der Waals surface area contributed by atoms with Crippen molar-refractivity contribution in [3.8, 4) is 5.75 Å². The molecule has 1 amide bonds. The van der Waals surface area contributed by atoms with Crippen molar-refractivity contribution in [1.29, 1.82) is 0 Å². The third-order valence-corrected chi connectivity index (χ3v) is 3.92. The zero-order valence-electron chi connectivity index (χ0n) is 13.8. The second kappa shape index (κ2) is 9.31. The third-order valence-electron chi connectivity index (χ3n) is 3.20. The number of halogens is 2. The first-order chi connectivity index (χ1) is 13.2. The maximum Gasteiger partial charge on any atom is 0.337 e. The fourth-order valence-electron chi connectivity index (χ4n) is 2.05. The van der Waals surface area contributed by atoms with Crippen molar-refractivity contribution in [2.75, 3.05) is 11.9 Å². The van der Waals surface area contributed by atoms with Gasteiger partial charge in [-0.3, -0.25) is 20.2 Å². The molecule has 12 heteroatoms. The summed E-state index contributed by atoms with van der Waals surface area (Å²) in [6.07, 6.45) is 0. The number of hydrogen-bond donors (Lipinski definition) is 3. The normalized spacial score (nSPS) is 10.1. The lowest BCUT2D eigenvalue weighted by atomic mass is 10.2. The smallest absolute Gasteiger partial charge is 0.337 e. The van der Waals surface area contributed by atoms with Crippen LogP contribution in [0.15, 0.2) is 36.4 Å².